The van der Waals surface area contributed by atoms with E-state index in [1.807, 2.05) is 24.3 Å². The number of halogens is 1. The number of thioether (sulfide) groups is 1. The Morgan fingerprint density at radius 1 is 1.12 bits per heavy atom. The Morgan fingerprint density at radius 3 is 2.83 bits per heavy atom. The van der Waals surface area contributed by atoms with Gasteiger partial charge in [-0.2, -0.15) is 0 Å². The van der Waals surface area contributed by atoms with Crippen LogP contribution in [0.4, 0.5) is 4.39 Å². The first-order valence-electron chi connectivity index (χ1n) is 7.14. The molecule has 0 spiro atoms. The van der Waals surface area contributed by atoms with Crippen LogP contribution in [0.25, 0.3) is 22.5 Å². The maximum Gasteiger partial charge on any atom is 0.210 e. The van der Waals surface area contributed by atoms with Gasteiger partial charge in [0.25, 0.3) is 0 Å². The molecule has 0 saturated carbocycles. The van der Waals surface area contributed by atoms with Crippen LogP contribution in [0.1, 0.15) is 5.89 Å². The lowest BCUT2D eigenvalue weighted by molar-refractivity contribution is 0.556. The summed E-state index contributed by atoms with van der Waals surface area (Å²) in [6, 6.07) is 13.6. The van der Waals surface area contributed by atoms with Gasteiger partial charge in [0.15, 0.2) is 11.4 Å². The summed E-state index contributed by atoms with van der Waals surface area (Å²) < 4.78 is 20.3. The predicted molar refractivity (Wildman–Crippen MR) is 89.1 cm³/mol. The van der Waals surface area contributed by atoms with Gasteiger partial charge in [-0.15, -0.1) is 10.2 Å². The Balaban J connectivity index is 1.55. The summed E-state index contributed by atoms with van der Waals surface area (Å²) in [5.41, 5.74) is 2.12. The van der Waals surface area contributed by atoms with E-state index in [1.165, 1.54) is 28.6 Å². The van der Waals surface area contributed by atoms with Crippen molar-refractivity contribution in [3.05, 3.63) is 60.2 Å². The number of oxazole rings is 1. The molecular formula is C16H12FN5OS. The molecule has 0 fully saturated rings. The number of nitrogens with two attached hydrogens (primary N) is 1. The first kappa shape index (κ1) is 14.7. The first-order chi connectivity index (χ1) is 11.7. The molecule has 0 aliphatic rings. The fourth-order valence-electron chi connectivity index (χ4n) is 2.31. The highest BCUT2D eigenvalue weighted by Gasteiger charge is 2.14. The second kappa shape index (κ2) is 5.97. The van der Waals surface area contributed by atoms with E-state index in [2.05, 4.69) is 15.2 Å². The predicted octanol–water partition coefficient (Wildman–Crippen LogP) is 3.23. The average Bonchev–Trinajstić information content (AvgIpc) is 3.16. The molecule has 0 saturated heterocycles. The second-order valence-electron chi connectivity index (χ2n) is 5.05. The lowest BCUT2D eigenvalue weighted by Gasteiger charge is -2.02. The minimum absolute atomic E-state index is 0.351. The van der Waals surface area contributed by atoms with Crippen LogP contribution in [0.5, 0.6) is 0 Å². The van der Waals surface area contributed by atoms with E-state index in [1.54, 1.807) is 12.1 Å². The molecule has 4 rings (SSSR count). The summed E-state index contributed by atoms with van der Waals surface area (Å²) in [6.45, 7) is 0. The van der Waals surface area contributed by atoms with Gasteiger partial charge < -0.3 is 10.3 Å². The van der Waals surface area contributed by atoms with E-state index in [4.69, 9.17) is 10.3 Å². The molecule has 0 atom stereocenters. The molecule has 2 N–H and O–H groups in total. The number of nitrogen functional groups attached to an aromatic ring is 1. The van der Waals surface area contributed by atoms with Crippen molar-refractivity contribution in [2.75, 3.05) is 5.84 Å². The number of benzene rings is 2. The highest BCUT2D eigenvalue weighted by Crippen LogP contribution is 2.25. The maximum atomic E-state index is 13.3. The van der Waals surface area contributed by atoms with Gasteiger partial charge in [-0.3, -0.25) is 0 Å². The van der Waals surface area contributed by atoms with Crippen LogP contribution in [-0.4, -0.2) is 19.9 Å². The van der Waals surface area contributed by atoms with Gasteiger partial charge in [-0.05, 0) is 24.3 Å². The van der Waals surface area contributed by atoms with E-state index in [0.717, 1.165) is 11.1 Å². The number of rotatable bonds is 4. The van der Waals surface area contributed by atoms with E-state index >= 15 is 0 Å². The monoisotopic (exact) mass is 341 g/mol. The average molecular weight is 341 g/mol. The minimum Gasteiger partial charge on any atom is -0.440 e. The smallest absolute Gasteiger partial charge is 0.210 e. The van der Waals surface area contributed by atoms with Crippen LogP contribution in [-0.2, 0) is 5.75 Å². The van der Waals surface area contributed by atoms with E-state index < -0.39 is 0 Å². The van der Waals surface area contributed by atoms with Crippen molar-refractivity contribution in [2.45, 2.75) is 10.9 Å². The topological polar surface area (TPSA) is 82.8 Å². The Bertz CT molecular complexity index is 980. The summed E-state index contributed by atoms with van der Waals surface area (Å²) in [7, 11) is 0. The second-order valence-corrected chi connectivity index (χ2v) is 5.99. The zero-order chi connectivity index (χ0) is 16.5. The van der Waals surface area contributed by atoms with Crippen molar-refractivity contribution >= 4 is 22.9 Å². The van der Waals surface area contributed by atoms with Crippen molar-refractivity contribution in [2.24, 2.45) is 0 Å². The third kappa shape index (κ3) is 2.71. The van der Waals surface area contributed by atoms with Crippen molar-refractivity contribution in [3.63, 3.8) is 0 Å². The molecule has 0 amide bonds. The number of aromatic nitrogens is 4. The summed E-state index contributed by atoms with van der Waals surface area (Å²) >= 11 is 1.35. The minimum atomic E-state index is -0.351. The fourth-order valence-corrected chi connectivity index (χ4v) is 3.01. The number of fused-ring (bicyclic) bond motifs is 1. The molecule has 8 heteroatoms. The molecule has 0 aliphatic heterocycles. The molecule has 0 bridgehead atoms. The van der Waals surface area contributed by atoms with Crippen LogP contribution < -0.4 is 5.84 Å². The maximum absolute atomic E-state index is 13.3. The lowest BCUT2D eigenvalue weighted by Crippen LogP contribution is -2.11. The standard InChI is InChI=1S/C16H12FN5OS/c17-11-5-3-4-10(8-11)15-20-21-16(22(15)18)24-9-14-19-12-6-1-2-7-13(12)23-14/h1-8H,9,18H2. The van der Waals surface area contributed by atoms with Gasteiger partial charge in [0.1, 0.15) is 11.3 Å². The van der Waals surface area contributed by atoms with Crippen LogP contribution in [0.2, 0.25) is 0 Å². The molecule has 2 aromatic heterocycles. The van der Waals surface area contributed by atoms with Gasteiger partial charge in [-0.1, -0.05) is 36.0 Å². The van der Waals surface area contributed by atoms with Crippen LogP contribution >= 0.6 is 11.8 Å². The molecule has 24 heavy (non-hydrogen) atoms. The number of hydrogen-bond acceptors (Lipinski definition) is 6. The Hall–Kier alpha value is -2.87. The Kier molecular flexibility index (Phi) is 3.66. The molecule has 2 aromatic carbocycles. The zero-order valence-electron chi connectivity index (χ0n) is 12.4. The van der Waals surface area contributed by atoms with E-state index in [0.29, 0.717) is 28.2 Å². The molecule has 120 valence electrons. The lowest BCUT2D eigenvalue weighted by atomic mass is 10.2. The first-order valence-corrected chi connectivity index (χ1v) is 8.13. The highest BCUT2D eigenvalue weighted by atomic mass is 32.2. The molecule has 0 aliphatic carbocycles. The molecule has 0 radical (unpaired) electrons. The molecule has 6 nitrogen and oxygen atoms in total. The Labute approximate surface area is 140 Å². The van der Waals surface area contributed by atoms with Crippen molar-refractivity contribution in [1.29, 1.82) is 0 Å². The Morgan fingerprint density at radius 2 is 2.00 bits per heavy atom. The molecule has 4 aromatic rings. The SMILES string of the molecule is Nn1c(SCc2nc3ccccc3o2)nnc1-c1cccc(F)c1. The van der Waals surface area contributed by atoms with Crippen molar-refractivity contribution < 1.29 is 8.81 Å². The summed E-state index contributed by atoms with van der Waals surface area (Å²) in [5, 5.41) is 8.58. The van der Waals surface area contributed by atoms with Gasteiger partial charge in [0, 0.05) is 5.56 Å². The van der Waals surface area contributed by atoms with Crippen LogP contribution in [0, 0.1) is 5.82 Å². The summed E-state index contributed by atoms with van der Waals surface area (Å²) in [5.74, 6) is 7.11. The molecule has 0 unspecified atom stereocenters. The van der Waals surface area contributed by atoms with Crippen molar-refractivity contribution in [1.82, 2.24) is 19.9 Å². The van der Waals surface area contributed by atoms with Crippen LogP contribution in [0.3, 0.4) is 0 Å². The number of nitrogens with zero attached hydrogens (tertiary/aromatic N) is 4. The summed E-state index contributed by atoms with van der Waals surface area (Å²) in [6.07, 6.45) is 0. The third-order valence-electron chi connectivity index (χ3n) is 3.41. The normalized spacial score (nSPS) is 11.2. The highest BCUT2D eigenvalue weighted by molar-refractivity contribution is 7.98. The number of para-hydroxylation sites is 2. The van der Waals surface area contributed by atoms with E-state index in [9.17, 15) is 4.39 Å². The number of hydrogen-bond donors (Lipinski definition) is 1. The summed E-state index contributed by atoms with van der Waals surface area (Å²) in [4.78, 5) is 4.40. The van der Waals surface area contributed by atoms with Gasteiger partial charge in [0.05, 0.1) is 5.75 Å². The quantitative estimate of drug-likeness (QED) is 0.453. The van der Waals surface area contributed by atoms with E-state index in [-0.39, 0.29) is 5.82 Å². The molecule has 2 heterocycles. The van der Waals surface area contributed by atoms with Gasteiger partial charge in [-0.25, -0.2) is 14.1 Å². The molecular weight excluding hydrogens is 329 g/mol. The van der Waals surface area contributed by atoms with Gasteiger partial charge in [0.2, 0.25) is 11.0 Å². The van der Waals surface area contributed by atoms with Gasteiger partial charge >= 0.3 is 0 Å². The fraction of sp³-hybridized carbons (Fsp3) is 0.0625. The van der Waals surface area contributed by atoms with Crippen LogP contribution in [0.15, 0.2) is 58.1 Å². The largest absolute Gasteiger partial charge is 0.440 e. The third-order valence-corrected chi connectivity index (χ3v) is 4.34. The van der Waals surface area contributed by atoms with Crippen molar-refractivity contribution in [3.8, 4) is 11.4 Å². The zero-order valence-corrected chi connectivity index (χ0v) is 13.2.